The number of nitrogens with one attached hydrogen (secondary N) is 2. The third-order valence-electron chi connectivity index (χ3n) is 3.93. The van der Waals surface area contributed by atoms with Gasteiger partial charge in [-0.05, 0) is 51.1 Å². The van der Waals surface area contributed by atoms with E-state index in [4.69, 9.17) is 0 Å². The smallest absolute Gasteiger partial charge is 0.321 e. The highest BCUT2D eigenvalue weighted by atomic mass is 32.2. The molecule has 0 radical (unpaired) electrons. The van der Waals surface area contributed by atoms with E-state index in [0.717, 1.165) is 0 Å². The Bertz CT molecular complexity index is 685. The predicted octanol–water partition coefficient (Wildman–Crippen LogP) is 1.43. The number of carbonyl (C=O) groups is 2. The molecule has 2 amide bonds. The molecule has 7 nitrogen and oxygen atoms in total. The Morgan fingerprint density at radius 2 is 1.87 bits per heavy atom. The zero-order chi connectivity index (χ0) is 17.0. The van der Waals surface area contributed by atoms with Gasteiger partial charge in [0, 0.05) is 24.3 Å². The van der Waals surface area contributed by atoms with Crippen molar-refractivity contribution >= 4 is 27.5 Å². The van der Waals surface area contributed by atoms with Crippen LogP contribution in [0.3, 0.4) is 0 Å². The highest BCUT2D eigenvalue weighted by Gasteiger charge is 2.31. The van der Waals surface area contributed by atoms with E-state index in [1.165, 1.54) is 18.9 Å². The number of likely N-dealkylation sites (tertiary alicyclic amines) is 1. The molecular weight excluding hydrogens is 318 g/mol. The summed E-state index contributed by atoms with van der Waals surface area (Å²) in [6, 6.07) is 6.25. The summed E-state index contributed by atoms with van der Waals surface area (Å²) in [5, 5.41) is 2.14. The Kier molecular flexibility index (Phi) is 5.38. The molecule has 1 aromatic carbocycles. The maximum Gasteiger partial charge on any atom is 0.321 e. The fourth-order valence-electron chi connectivity index (χ4n) is 2.53. The summed E-state index contributed by atoms with van der Waals surface area (Å²) in [5.41, 5.74) is 1.14. The van der Waals surface area contributed by atoms with Gasteiger partial charge in [0.2, 0.25) is 10.0 Å². The van der Waals surface area contributed by atoms with Gasteiger partial charge in [-0.2, -0.15) is 0 Å². The molecule has 126 valence electrons. The molecule has 1 saturated heterocycles. The molecule has 1 aromatic rings. The van der Waals surface area contributed by atoms with Crippen molar-refractivity contribution in [3.05, 3.63) is 29.8 Å². The number of anilines is 1. The molecular formula is C15H21N3O4S. The third kappa shape index (κ3) is 4.29. The quantitative estimate of drug-likeness (QED) is 0.811. The number of amides is 2. The van der Waals surface area contributed by atoms with E-state index in [1.54, 1.807) is 24.3 Å². The number of piperidine rings is 1. The average Bonchev–Trinajstić information content (AvgIpc) is 2.55. The minimum Gasteiger partial charge on any atom is -0.323 e. The molecule has 0 spiro atoms. The zero-order valence-electron chi connectivity index (χ0n) is 13.2. The normalized spacial score (nSPS) is 18.5. The monoisotopic (exact) mass is 339 g/mol. The molecule has 1 atom stereocenters. The van der Waals surface area contributed by atoms with Crippen LogP contribution < -0.4 is 10.0 Å². The Balaban J connectivity index is 2.01. The van der Waals surface area contributed by atoms with Crippen molar-refractivity contribution in [2.24, 2.45) is 0 Å². The van der Waals surface area contributed by atoms with Crippen LogP contribution in [0, 0.1) is 0 Å². The number of hydrogen-bond acceptors (Lipinski definition) is 4. The van der Waals surface area contributed by atoms with E-state index in [-0.39, 0.29) is 18.4 Å². The Labute approximate surface area is 136 Å². The topological polar surface area (TPSA) is 95.6 Å². The molecule has 8 heteroatoms. The predicted molar refractivity (Wildman–Crippen MR) is 88.0 cm³/mol. The first-order chi connectivity index (χ1) is 10.8. The Morgan fingerprint density at radius 3 is 2.43 bits per heavy atom. The fourth-order valence-corrected chi connectivity index (χ4v) is 3.72. The maximum atomic E-state index is 12.3. The molecule has 1 aliphatic rings. The van der Waals surface area contributed by atoms with Crippen molar-refractivity contribution in [3.8, 4) is 0 Å². The molecule has 0 bridgehead atoms. The first kappa shape index (κ1) is 17.4. The summed E-state index contributed by atoms with van der Waals surface area (Å²) in [5.74, 6) is -0.0426. The van der Waals surface area contributed by atoms with Gasteiger partial charge in [0.25, 0.3) is 0 Å². The number of rotatable bonds is 4. The number of urea groups is 1. The van der Waals surface area contributed by atoms with Crippen molar-refractivity contribution in [2.75, 3.05) is 25.5 Å². The van der Waals surface area contributed by atoms with E-state index < -0.39 is 15.3 Å². The Hall–Kier alpha value is -1.93. The second-order valence-corrected chi connectivity index (χ2v) is 7.69. The molecule has 1 fully saturated rings. The van der Waals surface area contributed by atoms with Gasteiger partial charge < -0.3 is 10.2 Å². The largest absolute Gasteiger partial charge is 0.323 e. The van der Waals surface area contributed by atoms with E-state index in [9.17, 15) is 18.0 Å². The minimum atomic E-state index is -3.38. The molecule has 0 saturated carbocycles. The molecule has 1 aliphatic heterocycles. The highest BCUT2D eigenvalue weighted by Crippen LogP contribution is 2.18. The molecule has 23 heavy (non-hydrogen) atoms. The third-order valence-corrected chi connectivity index (χ3v) is 5.76. The van der Waals surface area contributed by atoms with E-state index in [1.807, 2.05) is 0 Å². The first-order valence-corrected chi connectivity index (χ1v) is 8.97. The van der Waals surface area contributed by atoms with Gasteiger partial charge in [0.1, 0.15) is 0 Å². The lowest BCUT2D eigenvalue weighted by Gasteiger charge is -2.32. The van der Waals surface area contributed by atoms with Crippen molar-refractivity contribution in [2.45, 2.75) is 25.0 Å². The van der Waals surface area contributed by atoms with E-state index in [0.29, 0.717) is 30.6 Å². The van der Waals surface area contributed by atoms with Crippen LogP contribution in [0.25, 0.3) is 0 Å². The van der Waals surface area contributed by atoms with Crippen LogP contribution in [0.4, 0.5) is 10.5 Å². The van der Waals surface area contributed by atoms with E-state index >= 15 is 0 Å². The van der Waals surface area contributed by atoms with Crippen LogP contribution in [0.5, 0.6) is 0 Å². The lowest BCUT2D eigenvalue weighted by molar-refractivity contribution is 0.101. The van der Waals surface area contributed by atoms with Gasteiger partial charge in [0.05, 0.1) is 5.25 Å². The highest BCUT2D eigenvalue weighted by molar-refractivity contribution is 7.90. The van der Waals surface area contributed by atoms with Crippen molar-refractivity contribution < 1.29 is 18.0 Å². The summed E-state index contributed by atoms with van der Waals surface area (Å²) < 4.78 is 26.1. The number of ketones is 1. The van der Waals surface area contributed by atoms with Crippen LogP contribution in [0.2, 0.25) is 0 Å². The van der Waals surface area contributed by atoms with Gasteiger partial charge in [-0.3, -0.25) is 4.79 Å². The van der Waals surface area contributed by atoms with Gasteiger partial charge in [0.15, 0.2) is 5.78 Å². The minimum absolute atomic E-state index is 0.0426. The Morgan fingerprint density at radius 1 is 1.22 bits per heavy atom. The SMILES string of the molecule is CNS(=O)(=O)[C@@H]1CCCN(C(=O)Nc2ccc(C(C)=O)cc2)C1. The van der Waals surface area contributed by atoms with Gasteiger partial charge in [-0.25, -0.2) is 17.9 Å². The van der Waals surface area contributed by atoms with Crippen LogP contribution in [0.15, 0.2) is 24.3 Å². The summed E-state index contributed by atoms with van der Waals surface area (Å²) in [7, 11) is -2.00. The summed E-state index contributed by atoms with van der Waals surface area (Å²) in [4.78, 5) is 25.0. The van der Waals surface area contributed by atoms with Crippen molar-refractivity contribution in [3.63, 3.8) is 0 Å². The molecule has 1 heterocycles. The molecule has 0 aliphatic carbocycles. The second kappa shape index (κ2) is 7.10. The average molecular weight is 339 g/mol. The number of Topliss-reactive ketones (excluding diaryl/α,β-unsaturated/α-hetero) is 1. The zero-order valence-corrected chi connectivity index (χ0v) is 14.0. The van der Waals surface area contributed by atoms with Crippen LogP contribution in [-0.4, -0.2) is 50.5 Å². The molecule has 2 N–H and O–H groups in total. The number of hydrogen-bond donors (Lipinski definition) is 2. The second-order valence-electron chi connectivity index (χ2n) is 5.52. The number of carbonyl (C=O) groups excluding carboxylic acids is 2. The fraction of sp³-hybridized carbons (Fsp3) is 0.467. The maximum absolute atomic E-state index is 12.3. The number of sulfonamides is 1. The summed E-state index contributed by atoms with van der Waals surface area (Å²) in [6.45, 7) is 2.16. The van der Waals surface area contributed by atoms with Gasteiger partial charge in [-0.1, -0.05) is 0 Å². The number of benzene rings is 1. The standard InChI is InChI=1S/C15H21N3O4S/c1-11(19)12-5-7-13(8-6-12)17-15(20)18-9-3-4-14(10-18)23(21,22)16-2/h5-8,14,16H,3-4,9-10H2,1-2H3,(H,17,20)/t14-/m1/s1. The molecule has 2 rings (SSSR count). The lowest BCUT2D eigenvalue weighted by atomic mass is 10.1. The molecule has 0 unspecified atom stereocenters. The first-order valence-electron chi connectivity index (χ1n) is 7.43. The van der Waals surface area contributed by atoms with E-state index in [2.05, 4.69) is 10.0 Å². The number of nitrogens with zero attached hydrogens (tertiary/aromatic N) is 1. The lowest BCUT2D eigenvalue weighted by Crippen LogP contribution is -2.49. The van der Waals surface area contributed by atoms with Crippen molar-refractivity contribution in [1.29, 1.82) is 0 Å². The summed E-state index contributed by atoms with van der Waals surface area (Å²) in [6.07, 6.45) is 1.18. The molecule has 0 aromatic heterocycles. The van der Waals surface area contributed by atoms with Crippen LogP contribution in [-0.2, 0) is 10.0 Å². The van der Waals surface area contributed by atoms with Gasteiger partial charge >= 0.3 is 6.03 Å². The van der Waals surface area contributed by atoms with Crippen molar-refractivity contribution in [1.82, 2.24) is 9.62 Å². The van der Waals surface area contributed by atoms with Crippen LogP contribution >= 0.6 is 0 Å². The van der Waals surface area contributed by atoms with Crippen LogP contribution in [0.1, 0.15) is 30.1 Å². The summed E-state index contributed by atoms with van der Waals surface area (Å²) >= 11 is 0. The van der Waals surface area contributed by atoms with Gasteiger partial charge in [-0.15, -0.1) is 0 Å².